The third-order valence-electron chi connectivity index (χ3n) is 4.69. The molecule has 7 nitrogen and oxygen atoms in total. The quantitative estimate of drug-likeness (QED) is 0.165. The van der Waals surface area contributed by atoms with E-state index in [9.17, 15) is 5.11 Å². The van der Waals surface area contributed by atoms with Crippen LogP contribution in [0.5, 0.6) is 5.75 Å². The van der Waals surface area contributed by atoms with Gasteiger partial charge in [0.05, 0.1) is 6.54 Å². The molecule has 0 aromatic heterocycles. The van der Waals surface area contributed by atoms with Crippen molar-refractivity contribution < 1.29 is 19.3 Å². The third-order valence-corrected chi connectivity index (χ3v) is 4.69. The lowest BCUT2D eigenvalue weighted by Gasteiger charge is -2.21. The van der Waals surface area contributed by atoms with Gasteiger partial charge in [-0.05, 0) is 56.7 Å². The molecule has 1 aromatic rings. The highest BCUT2D eigenvalue weighted by atomic mass is 127. The maximum Gasteiger partial charge on any atom is 0.191 e. The molecule has 0 radical (unpaired) electrons. The number of nitrogens with one attached hydrogen (secondary N) is 2. The van der Waals surface area contributed by atoms with Crippen LogP contribution in [0.15, 0.2) is 29.3 Å². The van der Waals surface area contributed by atoms with Gasteiger partial charge in [0.15, 0.2) is 5.96 Å². The van der Waals surface area contributed by atoms with E-state index in [1.54, 1.807) is 0 Å². The molecule has 30 heavy (non-hydrogen) atoms. The Hall–Kier alpha value is -1.10. The zero-order valence-corrected chi connectivity index (χ0v) is 20.6. The van der Waals surface area contributed by atoms with Gasteiger partial charge in [0.2, 0.25) is 0 Å². The Morgan fingerprint density at radius 1 is 1.30 bits per heavy atom. The minimum atomic E-state index is -0.659. The average molecular weight is 535 g/mol. The summed E-state index contributed by atoms with van der Waals surface area (Å²) in [6, 6.07) is 7.79. The number of aliphatic hydroxyl groups is 1. The summed E-state index contributed by atoms with van der Waals surface area (Å²) in [7, 11) is 0. The van der Waals surface area contributed by atoms with Crippen molar-refractivity contribution in [2.24, 2.45) is 10.9 Å². The maximum atomic E-state index is 10.1. The lowest BCUT2D eigenvalue weighted by Crippen LogP contribution is -2.39. The van der Waals surface area contributed by atoms with Crippen molar-refractivity contribution in [3.05, 3.63) is 29.8 Å². The zero-order chi connectivity index (χ0) is 20.7. The first-order chi connectivity index (χ1) is 14.2. The molecule has 0 bridgehead atoms. The van der Waals surface area contributed by atoms with Crippen LogP contribution in [0, 0.1) is 12.8 Å². The normalized spacial score (nSPS) is 15.9. The van der Waals surface area contributed by atoms with E-state index in [2.05, 4.69) is 15.6 Å². The molecule has 1 aromatic carbocycles. The van der Waals surface area contributed by atoms with Crippen LogP contribution >= 0.6 is 24.0 Å². The van der Waals surface area contributed by atoms with Crippen molar-refractivity contribution in [1.82, 2.24) is 10.6 Å². The van der Waals surface area contributed by atoms with E-state index in [1.165, 1.54) is 0 Å². The van der Waals surface area contributed by atoms with Gasteiger partial charge < -0.3 is 30.0 Å². The zero-order valence-electron chi connectivity index (χ0n) is 18.3. The Kier molecular flexibility index (Phi) is 14.9. The van der Waals surface area contributed by atoms with E-state index in [0.717, 1.165) is 70.1 Å². The summed E-state index contributed by atoms with van der Waals surface area (Å²) >= 11 is 0. The second kappa shape index (κ2) is 16.6. The van der Waals surface area contributed by atoms with E-state index in [-0.39, 0.29) is 37.1 Å². The molecule has 8 heteroatoms. The first-order valence-corrected chi connectivity index (χ1v) is 10.7. The number of hydrogen-bond acceptors (Lipinski definition) is 5. The number of guanidine groups is 1. The summed E-state index contributed by atoms with van der Waals surface area (Å²) in [4.78, 5) is 4.44. The van der Waals surface area contributed by atoms with E-state index in [4.69, 9.17) is 14.2 Å². The van der Waals surface area contributed by atoms with Crippen molar-refractivity contribution in [3.63, 3.8) is 0 Å². The number of benzene rings is 1. The minimum Gasteiger partial charge on any atom is -0.491 e. The van der Waals surface area contributed by atoms with Gasteiger partial charge in [0, 0.05) is 39.5 Å². The van der Waals surface area contributed by atoms with E-state index in [1.807, 2.05) is 38.1 Å². The average Bonchev–Trinajstić information content (AvgIpc) is 2.73. The van der Waals surface area contributed by atoms with Gasteiger partial charge in [-0.1, -0.05) is 12.1 Å². The Morgan fingerprint density at radius 2 is 2.10 bits per heavy atom. The molecule has 1 heterocycles. The van der Waals surface area contributed by atoms with E-state index < -0.39 is 6.10 Å². The number of ether oxygens (including phenoxy) is 3. The van der Waals surface area contributed by atoms with Crippen molar-refractivity contribution in [2.45, 2.75) is 39.2 Å². The molecule has 0 saturated carbocycles. The molecule has 1 saturated heterocycles. The summed E-state index contributed by atoms with van der Waals surface area (Å²) in [6.07, 6.45) is 2.46. The van der Waals surface area contributed by atoms with Crippen LogP contribution in [0.3, 0.4) is 0 Å². The van der Waals surface area contributed by atoms with E-state index in [0.29, 0.717) is 11.9 Å². The van der Waals surface area contributed by atoms with Crippen LogP contribution < -0.4 is 15.4 Å². The monoisotopic (exact) mass is 535 g/mol. The molecular formula is C22H38IN3O4. The standard InChI is InChI=1S/C22H37N3O4.HI/c1-3-23-22(24-10-5-11-28-16-19-8-12-27-13-9-19)25-15-20(26)17-29-21-7-4-6-18(2)14-21;/h4,6-7,14,19-20,26H,3,5,8-13,15-17H2,1-2H3,(H2,23,24,25);1H. The number of nitrogens with zero attached hydrogens (tertiary/aromatic N) is 1. The Balaban J connectivity index is 0.00000450. The molecule has 0 spiro atoms. The van der Waals surface area contributed by atoms with Crippen molar-refractivity contribution in [1.29, 1.82) is 0 Å². The summed E-state index contributed by atoms with van der Waals surface area (Å²) in [5.74, 6) is 2.10. The van der Waals surface area contributed by atoms with Crippen LogP contribution in [0.25, 0.3) is 0 Å². The first kappa shape index (κ1) is 26.9. The number of halogens is 1. The molecule has 0 amide bonds. The molecule has 3 N–H and O–H groups in total. The number of rotatable bonds is 12. The molecule has 1 unspecified atom stereocenters. The molecule has 0 aliphatic carbocycles. The number of aryl methyl sites for hydroxylation is 1. The fraction of sp³-hybridized carbons (Fsp3) is 0.682. The van der Waals surface area contributed by atoms with Gasteiger partial charge in [-0.25, -0.2) is 0 Å². The molecule has 1 aliphatic rings. The van der Waals surface area contributed by atoms with Crippen molar-refractivity contribution >= 4 is 29.9 Å². The van der Waals surface area contributed by atoms with Crippen LogP contribution in [0.1, 0.15) is 31.7 Å². The molecule has 1 fully saturated rings. The second-order valence-electron chi connectivity index (χ2n) is 7.41. The molecule has 1 atom stereocenters. The lowest BCUT2D eigenvalue weighted by atomic mass is 10.0. The van der Waals surface area contributed by atoms with Crippen molar-refractivity contribution in [2.75, 3.05) is 52.7 Å². The predicted molar refractivity (Wildman–Crippen MR) is 131 cm³/mol. The first-order valence-electron chi connectivity index (χ1n) is 10.7. The summed E-state index contributed by atoms with van der Waals surface area (Å²) in [6.45, 7) is 9.34. The SMILES string of the molecule is CCNC(=NCC(O)COc1cccc(C)c1)NCCCOCC1CCOCC1.I. The molecular weight excluding hydrogens is 497 g/mol. The molecule has 1 aliphatic heterocycles. The Morgan fingerprint density at radius 3 is 2.83 bits per heavy atom. The van der Waals surface area contributed by atoms with Gasteiger partial charge in [-0.3, -0.25) is 4.99 Å². The van der Waals surface area contributed by atoms with Gasteiger partial charge in [0.25, 0.3) is 0 Å². The molecule has 172 valence electrons. The number of aliphatic hydroxyl groups excluding tert-OH is 1. The predicted octanol–water partition coefficient (Wildman–Crippen LogP) is 2.74. The van der Waals surface area contributed by atoms with Crippen LogP contribution in [-0.4, -0.2) is 69.8 Å². The van der Waals surface area contributed by atoms with E-state index >= 15 is 0 Å². The third kappa shape index (κ3) is 11.9. The minimum absolute atomic E-state index is 0. The lowest BCUT2D eigenvalue weighted by molar-refractivity contribution is 0.0203. The Labute approximate surface area is 198 Å². The fourth-order valence-electron chi connectivity index (χ4n) is 3.03. The summed E-state index contributed by atoms with van der Waals surface area (Å²) in [5.41, 5.74) is 1.13. The highest BCUT2D eigenvalue weighted by molar-refractivity contribution is 14.0. The fourth-order valence-corrected chi connectivity index (χ4v) is 3.03. The topological polar surface area (TPSA) is 84.3 Å². The highest BCUT2D eigenvalue weighted by Crippen LogP contribution is 2.14. The van der Waals surface area contributed by atoms with Gasteiger partial charge in [-0.2, -0.15) is 0 Å². The largest absolute Gasteiger partial charge is 0.491 e. The van der Waals surface area contributed by atoms with Crippen LogP contribution in [0.2, 0.25) is 0 Å². The van der Waals surface area contributed by atoms with Crippen LogP contribution in [-0.2, 0) is 9.47 Å². The Bertz CT molecular complexity index is 598. The van der Waals surface area contributed by atoms with Gasteiger partial charge in [-0.15, -0.1) is 24.0 Å². The summed E-state index contributed by atoms with van der Waals surface area (Å²) < 4.78 is 16.8. The number of aliphatic imine (C=N–C) groups is 1. The van der Waals surface area contributed by atoms with Gasteiger partial charge >= 0.3 is 0 Å². The maximum absolute atomic E-state index is 10.1. The number of hydrogen-bond donors (Lipinski definition) is 3. The second-order valence-corrected chi connectivity index (χ2v) is 7.41. The highest BCUT2D eigenvalue weighted by Gasteiger charge is 2.13. The van der Waals surface area contributed by atoms with Gasteiger partial charge in [0.1, 0.15) is 18.5 Å². The molecule has 2 rings (SSSR count). The summed E-state index contributed by atoms with van der Waals surface area (Å²) in [5, 5.41) is 16.6. The van der Waals surface area contributed by atoms with Crippen molar-refractivity contribution in [3.8, 4) is 5.75 Å². The smallest absolute Gasteiger partial charge is 0.191 e. The van der Waals surface area contributed by atoms with Crippen LogP contribution in [0.4, 0.5) is 0 Å².